The van der Waals surface area contributed by atoms with E-state index in [1.54, 1.807) is 7.11 Å². The highest BCUT2D eigenvalue weighted by molar-refractivity contribution is 5.93. The van der Waals surface area contributed by atoms with Crippen LogP contribution in [-0.4, -0.2) is 19.6 Å². The molecule has 0 amide bonds. The number of guanidine groups is 1. The number of nitrogens with one attached hydrogen (secondary N) is 1. The number of ether oxygens (including phenoxy) is 1. The molecular weight excluding hydrogens is 202 g/mol. The van der Waals surface area contributed by atoms with Gasteiger partial charge in [0.15, 0.2) is 5.96 Å². The van der Waals surface area contributed by atoms with Crippen molar-refractivity contribution < 1.29 is 4.74 Å². The van der Waals surface area contributed by atoms with Gasteiger partial charge in [-0.1, -0.05) is 24.1 Å². The number of hydrogen-bond acceptors (Lipinski definition) is 2. The highest BCUT2D eigenvalue weighted by atomic mass is 16.5. The minimum Gasteiger partial charge on any atom is -0.380 e. The molecule has 0 unspecified atom stereocenters. The Morgan fingerprint density at radius 1 is 1.56 bits per heavy atom. The van der Waals surface area contributed by atoms with Gasteiger partial charge in [0.25, 0.3) is 0 Å². The molecule has 0 aliphatic rings. The maximum absolute atomic E-state index is 5.66. The van der Waals surface area contributed by atoms with Crippen LogP contribution in [0.25, 0.3) is 0 Å². The van der Waals surface area contributed by atoms with Crippen LogP contribution in [-0.2, 0) is 11.3 Å². The first-order valence-electron chi connectivity index (χ1n) is 4.85. The van der Waals surface area contributed by atoms with Gasteiger partial charge in [-0.25, -0.2) is 4.99 Å². The zero-order valence-electron chi connectivity index (χ0n) is 9.23. The van der Waals surface area contributed by atoms with Gasteiger partial charge >= 0.3 is 0 Å². The van der Waals surface area contributed by atoms with E-state index >= 15 is 0 Å². The van der Waals surface area contributed by atoms with Crippen LogP contribution in [0, 0.1) is 12.3 Å². The van der Waals surface area contributed by atoms with E-state index in [9.17, 15) is 0 Å². The second-order valence-corrected chi connectivity index (χ2v) is 3.12. The Morgan fingerprint density at radius 2 is 2.31 bits per heavy atom. The number of anilines is 1. The molecule has 4 heteroatoms. The van der Waals surface area contributed by atoms with Gasteiger partial charge in [-0.05, 0) is 6.07 Å². The van der Waals surface area contributed by atoms with Gasteiger partial charge in [0.05, 0.1) is 6.61 Å². The molecule has 0 aromatic heterocycles. The quantitative estimate of drug-likeness (QED) is 0.452. The van der Waals surface area contributed by atoms with Crippen molar-refractivity contribution >= 4 is 11.6 Å². The largest absolute Gasteiger partial charge is 0.380 e. The van der Waals surface area contributed by atoms with Crippen molar-refractivity contribution in [2.45, 2.75) is 6.61 Å². The fraction of sp³-hybridized carbons (Fsp3) is 0.250. The standard InChI is InChI=1S/C12H15N3O/c1-3-8-14-12(13)15-11-7-5-4-6-10(11)9-16-2/h1,4-7H,8-9H2,2H3,(H3,13,14,15). The summed E-state index contributed by atoms with van der Waals surface area (Å²) in [5.41, 5.74) is 7.55. The average molecular weight is 217 g/mol. The van der Waals surface area contributed by atoms with E-state index in [1.165, 1.54) is 0 Å². The average Bonchev–Trinajstić information content (AvgIpc) is 2.29. The number of para-hydroxylation sites is 1. The van der Waals surface area contributed by atoms with Crippen molar-refractivity contribution in [1.29, 1.82) is 0 Å². The third-order valence-corrected chi connectivity index (χ3v) is 1.92. The SMILES string of the molecule is C#CCN=C(N)Nc1ccccc1COC. The van der Waals surface area contributed by atoms with E-state index in [4.69, 9.17) is 16.9 Å². The molecule has 0 aliphatic heterocycles. The summed E-state index contributed by atoms with van der Waals surface area (Å²) in [6.45, 7) is 0.789. The molecule has 0 heterocycles. The number of benzene rings is 1. The zero-order chi connectivity index (χ0) is 11.8. The van der Waals surface area contributed by atoms with E-state index < -0.39 is 0 Å². The van der Waals surface area contributed by atoms with Crippen molar-refractivity contribution in [3.8, 4) is 12.3 Å². The molecule has 0 aliphatic carbocycles. The van der Waals surface area contributed by atoms with Crippen LogP contribution in [0.2, 0.25) is 0 Å². The predicted molar refractivity (Wildman–Crippen MR) is 66.1 cm³/mol. The van der Waals surface area contributed by atoms with E-state index in [0.29, 0.717) is 12.6 Å². The van der Waals surface area contributed by atoms with Gasteiger partial charge in [0.1, 0.15) is 6.54 Å². The lowest BCUT2D eigenvalue weighted by Crippen LogP contribution is -2.23. The molecule has 0 fully saturated rings. The first kappa shape index (κ1) is 12.1. The molecule has 0 atom stereocenters. The summed E-state index contributed by atoms with van der Waals surface area (Å²) in [7, 11) is 1.65. The second-order valence-electron chi connectivity index (χ2n) is 3.12. The maximum atomic E-state index is 5.66. The lowest BCUT2D eigenvalue weighted by atomic mass is 10.2. The third kappa shape index (κ3) is 3.64. The van der Waals surface area contributed by atoms with E-state index in [0.717, 1.165) is 11.3 Å². The molecule has 1 rings (SSSR count). The number of terminal acetylenes is 1. The monoisotopic (exact) mass is 217 g/mol. The number of aliphatic imine (C=N–C) groups is 1. The summed E-state index contributed by atoms with van der Waals surface area (Å²) in [6.07, 6.45) is 5.09. The lowest BCUT2D eigenvalue weighted by molar-refractivity contribution is 0.185. The second kappa shape index (κ2) is 6.49. The number of methoxy groups -OCH3 is 1. The topological polar surface area (TPSA) is 59.6 Å². The van der Waals surface area contributed by atoms with Crippen LogP contribution >= 0.6 is 0 Å². The van der Waals surface area contributed by atoms with Crippen LogP contribution in [0.15, 0.2) is 29.3 Å². The van der Waals surface area contributed by atoms with E-state index in [-0.39, 0.29) is 6.54 Å². The molecule has 1 aromatic carbocycles. The summed E-state index contributed by atoms with van der Waals surface area (Å²) < 4.78 is 5.08. The summed E-state index contributed by atoms with van der Waals surface area (Å²) in [6, 6.07) is 7.72. The normalized spacial score (nSPS) is 10.9. The Balaban J connectivity index is 2.76. The molecule has 0 radical (unpaired) electrons. The Bertz CT molecular complexity index is 407. The third-order valence-electron chi connectivity index (χ3n) is 1.92. The first-order valence-corrected chi connectivity index (χ1v) is 4.85. The van der Waals surface area contributed by atoms with Crippen molar-refractivity contribution in [1.82, 2.24) is 0 Å². The molecule has 1 aromatic rings. The molecule has 0 saturated heterocycles. The Kier molecular flexibility index (Phi) is 4.90. The number of rotatable bonds is 4. The molecule has 0 spiro atoms. The molecule has 84 valence electrons. The van der Waals surface area contributed by atoms with Crippen LogP contribution in [0.3, 0.4) is 0 Å². The van der Waals surface area contributed by atoms with E-state index in [1.807, 2.05) is 24.3 Å². The highest BCUT2D eigenvalue weighted by Gasteiger charge is 2.01. The van der Waals surface area contributed by atoms with Crippen molar-refractivity contribution in [3.63, 3.8) is 0 Å². The molecule has 0 saturated carbocycles. The van der Waals surface area contributed by atoms with Gasteiger partial charge < -0.3 is 15.8 Å². The fourth-order valence-electron chi connectivity index (χ4n) is 1.23. The predicted octanol–water partition coefficient (Wildman–Crippen LogP) is 1.19. The van der Waals surface area contributed by atoms with E-state index in [2.05, 4.69) is 16.2 Å². The smallest absolute Gasteiger partial charge is 0.194 e. The zero-order valence-corrected chi connectivity index (χ0v) is 9.23. The first-order chi connectivity index (χ1) is 7.77. The van der Waals surface area contributed by atoms with Crippen LogP contribution in [0.5, 0.6) is 0 Å². The number of nitrogens with zero attached hydrogens (tertiary/aromatic N) is 1. The van der Waals surface area contributed by atoms with Crippen molar-refractivity contribution in [3.05, 3.63) is 29.8 Å². The molecular formula is C12H15N3O. The molecule has 3 N–H and O–H groups in total. The van der Waals surface area contributed by atoms with Gasteiger partial charge in [-0.15, -0.1) is 6.42 Å². The minimum atomic E-state index is 0.269. The van der Waals surface area contributed by atoms with Crippen LogP contribution in [0.4, 0.5) is 5.69 Å². The van der Waals surface area contributed by atoms with Gasteiger partial charge in [0, 0.05) is 18.4 Å². The van der Waals surface area contributed by atoms with Crippen molar-refractivity contribution in [2.75, 3.05) is 19.0 Å². The molecule has 0 bridgehead atoms. The highest BCUT2D eigenvalue weighted by Crippen LogP contribution is 2.15. The Hall–Kier alpha value is -1.99. The van der Waals surface area contributed by atoms with Gasteiger partial charge in [-0.3, -0.25) is 0 Å². The summed E-state index contributed by atoms with van der Waals surface area (Å²) in [5.74, 6) is 2.70. The van der Waals surface area contributed by atoms with Crippen molar-refractivity contribution in [2.24, 2.45) is 10.7 Å². The number of hydrogen-bond donors (Lipinski definition) is 2. The summed E-state index contributed by atoms with van der Waals surface area (Å²) >= 11 is 0. The fourth-order valence-corrected chi connectivity index (χ4v) is 1.23. The molecule has 4 nitrogen and oxygen atoms in total. The summed E-state index contributed by atoms with van der Waals surface area (Å²) in [5, 5.41) is 2.98. The maximum Gasteiger partial charge on any atom is 0.194 e. The lowest BCUT2D eigenvalue weighted by Gasteiger charge is -2.10. The minimum absolute atomic E-state index is 0.269. The number of nitrogens with two attached hydrogens (primary N) is 1. The molecule has 16 heavy (non-hydrogen) atoms. The van der Waals surface area contributed by atoms with Crippen LogP contribution in [0.1, 0.15) is 5.56 Å². The Morgan fingerprint density at radius 3 is 3.00 bits per heavy atom. The summed E-state index contributed by atoms with van der Waals surface area (Å²) in [4.78, 5) is 3.95. The van der Waals surface area contributed by atoms with Crippen LogP contribution < -0.4 is 11.1 Å². The van der Waals surface area contributed by atoms with Gasteiger partial charge in [-0.2, -0.15) is 0 Å². The Labute approximate surface area is 95.5 Å². The van der Waals surface area contributed by atoms with Gasteiger partial charge in [0.2, 0.25) is 0 Å².